The zero-order valence-electron chi connectivity index (χ0n) is 29.5. The largest absolute Gasteiger partial charge is 0.502 e. The van der Waals surface area contributed by atoms with Crippen LogP contribution in [0.15, 0.2) is 54.1 Å². The van der Waals surface area contributed by atoms with E-state index in [-0.39, 0.29) is 47.3 Å². The van der Waals surface area contributed by atoms with Gasteiger partial charge in [-0.1, -0.05) is 35.4 Å². The summed E-state index contributed by atoms with van der Waals surface area (Å²) < 4.78 is 13.4. The molecule has 11 nitrogen and oxygen atoms in total. The van der Waals surface area contributed by atoms with Gasteiger partial charge in [-0.15, -0.1) is 11.3 Å². The molecule has 2 saturated heterocycles. The minimum absolute atomic E-state index is 0.140. The number of aromatic hydroxyl groups is 1. The van der Waals surface area contributed by atoms with Crippen molar-refractivity contribution in [1.29, 1.82) is 0 Å². The Kier molecular flexibility index (Phi) is 7.92. The van der Waals surface area contributed by atoms with Crippen molar-refractivity contribution >= 4 is 68.5 Å². The van der Waals surface area contributed by atoms with E-state index in [0.29, 0.717) is 28.5 Å². The fraction of sp³-hybridized carbons (Fsp3) is 0.359. The van der Waals surface area contributed by atoms with Crippen molar-refractivity contribution in [2.45, 2.75) is 26.7 Å². The molecule has 4 heterocycles. The van der Waals surface area contributed by atoms with Crippen molar-refractivity contribution < 1.29 is 33.8 Å². The Hall–Kier alpha value is -4.94. The summed E-state index contributed by atoms with van der Waals surface area (Å²) in [7, 11) is 6.12. The molecular weight excluding hydrogens is 704 g/mol. The summed E-state index contributed by atoms with van der Waals surface area (Å²) in [6.45, 7) is 3.84. The first-order chi connectivity index (χ1) is 24.8. The smallest absolute Gasteiger partial charge is 0.242 e. The number of hydrogen-bond acceptors (Lipinski definition) is 9. The lowest BCUT2D eigenvalue weighted by molar-refractivity contribution is -0.139. The van der Waals surface area contributed by atoms with Crippen LogP contribution >= 0.6 is 22.9 Å². The van der Waals surface area contributed by atoms with Gasteiger partial charge in [0.15, 0.2) is 11.5 Å². The summed E-state index contributed by atoms with van der Waals surface area (Å²) in [6, 6.07) is 10.8. The molecular formula is C39H37ClN4O7S. The lowest BCUT2D eigenvalue weighted by atomic mass is 9.52. The SMILES string of the molecule is COc1cc(C=CC2C3=CCC4C(=O)N(C)C(=O)C4C3CC3C(=O)N(c4cc(-c5sc6ccc(Cl)cc6c5C)nn4C)C(=O)C23C)cc(OC)c1O. The van der Waals surface area contributed by atoms with Crippen molar-refractivity contribution in [3.63, 3.8) is 0 Å². The molecule has 4 aromatic rings. The topological polar surface area (TPSA) is 131 Å². The van der Waals surface area contributed by atoms with Crippen LogP contribution in [-0.4, -0.2) is 64.7 Å². The van der Waals surface area contributed by atoms with Crippen molar-refractivity contribution in [1.82, 2.24) is 14.7 Å². The van der Waals surface area contributed by atoms with Gasteiger partial charge in [0.2, 0.25) is 29.4 Å². The highest BCUT2D eigenvalue weighted by molar-refractivity contribution is 7.22. The Labute approximate surface area is 309 Å². The van der Waals surface area contributed by atoms with Gasteiger partial charge < -0.3 is 14.6 Å². The molecule has 268 valence electrons. The minimum Gasteiger partial charge on any atom is -0.502 e. The molecule has 1 saturated carbocycles. The van der Waals surface area contributed by atoms with Gasteiger partial charge in [-0.3, -0.25) is 28.8 Å². The van der Waals surface area contributed by atoms with Crippen molar-refractivity contribution in [3.05, 3.63) is 70.3 Å². The maximum absolute atomic E-state index is 14.9. The van der Waals surface area contributed by atoms with E-state index >= 15 is 0 Å². The lowest BCUT2D eigenvalue weighted by Crippen LogP contribution is -2.49. The average molecular weight is 741 g/mol. The van der Waals surface area contributed by atoms with Gasteiger partial charge in [0, 0.05) is 35.8 Å². The third-order valence-electron chi connectivity index (χ3n) is 11.8. The van der Waals surface area contributed by atoms with Gasteiger partial charge in [-0.2, -0.15) is 5.10 Å². The standard InChI is InChI=1S/C39H37ClN4O7S/c1-18-23-15-20(40)8-12-30(23)52-34(18)27-17-31(43(4)41-27)44-36(47)26-16-24-21(9-10-22-32(24)37(48)42(3)35(22)46)25(39(26,2)38(44)49)11-7-19-13-28(50-5)33(45)29(14-19)51-6/h7-9,11-15,17,22,24-26,32,45H,10,16H2,1-6H3. The third-order valence-corrected chi connectivity index (χ3v) is 13.3. The number of aromatic nitrogens is 2. The number of nitrogens with zero attached hydrogens (tertiary/aromatic N) is 4. The number of benzene rings is 2. The first kappa shape index (κ1) is 34.2. The molecule has 6 unspecified atom stereocenters. The Morgan fingerprint density at radius 3 is 2.40 bits per heavy atom. The molecule has 13 heteroatoms. The number of phenolic OH excluding ortho intramolecular Hbond substituents is 1. The van der Waals surface area contributed by atoms with Crippen LogP contribution in [-0.2, 0) is 26.2 Å². The predicted octanol–water partition coefficient (Wildman–Crippen LogP) is 6.39. The van der Waals surface area contributed by atoms with E-state index in [4.69, 9.17) is 26.2 Å². The molecule has 2 aromatic heterocycles. The number of allylic oxidation sites excluding steroid dienone is 3. The molecule has 1 N–H and O–H groups in total. The number of likely N-dealkylation sites (tertiary alicyclic amines) is 1. The van der Waals surface area contributed by atoms with E-state index in [1.54, 1.807) is 41.3 Å². The second-order valence-electron chi connectivity index (χ2n) is 14.3. The second kappa shape index (κ2) is 12.1. The van der Waals surface area contributed by atoms with Crippen LogP contribution in [0, 0.1) is 41.9 Å². The maximum Gasteiger partial charge on any atom is 0.242 e. The number of carbonyl (C=O) groups excluding carboxylic acids is 4. The van der Waals surface area contributed by atoms with Crippen LogP contribution in [0.2, 0.25) is 5.02 Å². The normalized spacial score (nSPS) is 27.1. The molecule has 0 radical (unpaired) electrons. The minimum atomic E-state index is -1.22. The van der Waals surface area contributed by atoms with Crippen molar-refractivity contribution in [2.24, 2.45) is 42.1 Å². The first-order valence-corrected chi connectivity index (χ1v) is 18.3. The molecule has 8 rings (SSSR count). The Morgan fingerprint density at radius 1 is 1.00 bits per heavy atom. The van der Waals surface area contributed by atoms with Crippen LogP contribution in [0.1, 0.15) is 30.9 Å². The number of phenols is 1. The summed E-state index contributed by atoms with van der Waals surface area (Å²) >= 11 is 7.87. The number of anilines is 1. The molecule has 0 spiro atoms. The number of methoxy groups -OCH3 is 2. The molecule has 2 aliphatic carbocycles. The molecule has 0 bridgehead atoms. The van der Waals surface area contributed by atoms with E-state index < -0.39 is 35.0 Å². The summed E-state index contributed by atoms with van der Waals surface area (Å²) in [5.41, 5.74) is 1.93. The number of rotatable bonds is 6. The second-order valence-corrected chi connectivity index (χ2v) is 15.8. The monoisotopic (exact) mass is 740 g/mol. The summed E-state index contributed by atoms with van der Waals surface area (Å²) in [5, 5.41) is 17.0. The molecule has 2 aliphatic heterocycles. The number of hydrogen-bond donors (Lipinski definition) is 1. The highest BCUT2D eigenvalue weighted by atomic mass is 35.5. The molecule has 6 atom stereocenters. The van der Waals surface area contributed by atoms with Crippen LogP contribution in [0.3, 0.4) is 0 Å². The van der Waals surface area contributed by atoms with Crippen LogP contribution in [0.25, 0.3) is 26.7 Å². The summed E-state index contributed by atoms with van der Waals surface area (Å²) in [6.07, 6.45) is 6.34. The van der Waals surface area contributed by atoms with Crippen LogP contribution in [0.5, 0.6) is 17.2 Å². The third kappa shape index (κ3) is 4.73. The van der Waals surface area contributed by atoms with Crippen LogP contribution < -0.4 is 14.4 Å². The number of halogens is 1. The van der Waals surface area contributed by atoms with Crippen molar-refractivity contribution in [3.8, 4) is 27.8 Å². The highest BCUT2D eigenvalue weighted by Crippen LogP contribution is 2.61. The van der Waals surface area contributed by atoms with Gasteiger partial charge in [0.25, 0.3) is 0 Å². The highest BCUT2D eigenvalue weighted by Gasteiger charge is 2.67. The lowest BCUT2D eigenvalue weighted by Gasteiger charge is -2.47. The molecule has 3 fully saturated rings. The molecule has 52 heavy (non-hydrogen) atoms. The number of amides is 4. The van der Waals surface area contributed by atoms with E-state index in [1.807, 2.05) is 50.3 Å². The number of aryl methyl sites for hydroxylation is 2. The van der Waals surface area contributed by atoms with E-state index in [2.05, 4.69) is 0 Å². The summed E-state index contributed by atoms with van der Waals surface area (Å²) in [5.74, 6) is -3.46. The maximum atomic E-state index is 14.9. The van der Waals surface area contributed by atoms with Gasteiger partial charge >= 0.3 is 0 Å². The molecule has 2 aromatic carbocycles. The average Bonchev–Trinajstić information content (AvgIpc) is 3.79. The first-order valence-electron chi connectivity index (χ1n) is 17.1. The van der Waals surface area contributed by atoms with E-state index in [1.165, 1.54) is 31.1 Å². The summed E-state index contributed by atoms with van der Waals surface area (Å²) in [4.78, 5) is 59.7. The fourth-order valence-electron chi connectivity index (χ4n) is 9.03. The Morgan fingerprint density at radius 2 is 1.71 bits per heavy atom. The predicted molar refractivity (Wildman–Crippen MR) is 197 cm³/mol. The number of imide groups is 2. The zero-order chi connectivity index (χ0) is 37.0. The van der Waals surface area contributed by atoms with E-state index in [0.717, 1.165) is 26.1 Å². The number of ether oxygens (including phenoxy) is 2. The Balaban J connectivity index is 1.23. The van der Waals surface area contributed by atoms with Gasteiger partial charge in [0.05, 0.1) is 42.3 Å². The molecule has 4 aliphatic rings. The number of thiophene rings is 1. The fourth-order valence-corrected chi connectivity index (χ4v) is 10.3. The quantitative estimate of drug-likeness (QED) is 0.178. The number of carbonyl (C=O) groups is 4. The zero-order valence-corrected chi connectivity index (χ0v) is 31.0. The van der Waals surface area contributed by atoms with Gasteiger partial charge in [-0.05, 0) is 79.5 Å². The van der Waals surface area contributed by atoms with E-state index in [9.17, 15) is 24.3 Å². The Bertz CT molecular complexity index is 2280. The number of fused-ring (bicyclic) bond motifs is 5. The van der Waals surface area contributed by atoms with Gasteiger partial charge in [0.1, 0.15) is 11.5 Å². The van der Waals surface area contributed by atoms with Crippen molar-refractivity contribution in [2.75, 3.05) is 26.2 Å². The van der Waals surface area contributed by atoms with Gasteiger partial charge in [-0.25, -0.2) is 4.90 Å². The molecule has 4 amide bonds. The van der Waals surface area contributed by atoms with Crippen LogP contribution in [0.4, 0.5) is 5.82 Å².